The summed E-state index contributed by atoms with van der Waals surface area (Å²) in [6, 6.07) is 20.7. The van der Waals surface area contributed by atoms with Crippen LogP contribution in [0, 0.1) is 0 Å². The summed E-state index contributed by atoms with van der Waals surface area (Å²) in [6.07, 6.45) is 7.06. The molecule has 2 rings (SSSR count). The zero-order valence-electron chi connectivity index (χ0n) is 20.2. The van der Waals surface area contributed by atoms with Crippen LogP contribution in [0.4, 0.5) is 0 Å². The average Bonchev–Trinajstić information content (AvgIpc) is 2.76. The summed E-state index contributed by atoms with van der Waals surface area (Å²) >= 11 is 0. The lowest BCUT2D eigenvalue weighted by molar-refractivity contribution is 0.213. The molecule has 0 spiro atoms. The van der Waals surface area contributed by atoms with Crippen LogP contribution in [0.1, 0.15) is 44.7 Å². The van der Waals surface area contributed by atoms with Gasteiger partial charge in [0, 0.05) is 0 Å². The number of aliphatic hydroxyl groups is 1. The number of hydrogen-bond acceptors (Lipinski definition) is 2. The van der Waals surface area contributed by atoms with Gasteiger partial charge in [-0.25, -0.2) is 0 Å². The van der Waals surface area contributed by atoms with E-state index in [-0.39, 0.29) is 17.2 Å². The van der Waals surface area contributed by atoms with E-state index in [2.05, 4.69) is 89.5 Å². The normalized spacial score (nSPS) is 13.5. The van der Waals surface area contributed by atoms with Crippen LogP contribution in [0.25, 0.3) is 0 Å². The molecule has 0 saturated heterocycles. The van der Waals surface area contributed by atoms with Crippen molar-refractivity contribution in [2.75, 3.05) is 0 Å². The number of hydrogen-bond donors (Lipinski definition) is 1. The highest BCUT2D eigenvalue weighted by atomic mass is 28.4. The van der Waals surface area contributed by atoms with Gasteiger partial charge in [-0.2, -0.15) is 0 Å². The fraction of sp³-hybridized carbons (Fsp3) is 0.429. The number of rotatable bonds is 10. The van der Waals surface area contributed by atoms with Gasteiger partial charge >= 0.3 is 0 Å². The monoisotopic (exact) mass is 438 g/mol. The van der Waals surface area contributed by atoms with Crippen molar-refractivity contribution < 1.29 is 9.53 Å². The lowest BCUT2D eigenvalue weighted by Crippen LogP contribution is -2.43. The van der Waals surface area contributed by atoms with Crippen molar-refractivity contribution in [3.05, 3.63) is 97.1 Å². The van der Waals surface area contributed by atoms with Crippen LogP contribution in [-0.2, 0) is 17.3 Å². The molecule has 0 heterocycles. The van der Waals surface area contributed by atoms with E-state index < -0.39 is 8.32 Å². The second kappa shape index (κ2) is 13.5. The first-order chi connectivity index (χ1) is 14.6. The van der Waals surface area contributed by atoms with Crippen molar-refractivity contribution in [2.45, 2.75) is 76.8 Å². The smallest absolute Gasteiger partial charge is 0.192 e. The molecule has 31 heavy (non-hydrogen) atoms. The zero-order chi connectivity index (χ0) is 23.3. The Bertz CT molecular complexity index is 748. The Morgan fingerprint density at radius 2 is 1.29 bits per heavy atom. The lowest BCUT2D eigenvalue weighted by Gasteiger charge is -2.38. The van der Waals surface area contributed by atoms with Crippen LogP contribution < -0.4 is 0 Å². The molecular formula is C28H42O2Si. The predicted molar refractivity (Wildman–Crippen MR) is 138 cm³/mol. The van der Waals surface area contributed by atoms with Crippen LogP contribution in [0.3, 0.4) is 0 Å². The van der Waals surface area contributed by atoms with Crippen molar-refractivity contribution in [1.82, 2.24) is 0 Å². The SMILES string of the molecule is C=C[C@@H](O)CCc1ccccc1.C=C[C@H](CCc1ccccc1)O[Si](C)(C)C(C)(C)C. The van der Waals surface area contributed by atoms with Gasteiger partial charge in [0.25, 0.3) is 0 Å². The van der Waals surface area contributed by atoms with Gasteiger partial charge in [-0.3, -0.25) is 0 Å². The summed E-state index contributed by atoms with van der Waals surface area (Å²) in [5, 5.41) is 9.45. The van der Waals surface area contributed by atoms with Crippen molar-refractivity contribution in [3.63, 3.8) is 0 Å². The van der Waals surface area contributed by atoms with E-state index in [1.807, 2.05) is 24.3 Å². The first kappa shape index (κ1) is 27.1. The maximum atomic E-state index is 9.20. The van der Waals surface area contributed by atoms with E-state index >= 15 is 0 Å². The second-order valence-electron chi connectivity index (χ2n) is 9.50. The van der Waals surface area contributed by atoms with Gasteiger partial charge in [-0.15, -0.1) is 13.2 Å². The van der Waals surface area contributed by atoms with E-state index in [4.69, 9.17) is 4.43 Å². The van der Waals surface area contributed by atoms with Crippen molar-refractivity contribution in [3.8, 4) is 0 Å². The van der Waals surface area contributed by atoms with Gasteiger partial charge in [0.05, 0.1) is 12.2 Å². The molecule has 2 aromatic carbocycles. The number of aliphatic hydroxyl groups excluding tert-OH is 1. The summed E-state index contributed by atoms with van der Waals surface area (Å²) in [4.78, 5) is 0. The molecule has 0 unspecified atom stereocenters. The minimum atomic E-state index is -1.70. The van der Waals surface area contributed by atoms with Gasteiger partial charge in [0.2, 0.25) is 0 Å². The molecule has 170 valence electrons. The Kier molecular flexibility index (Phi) is 11.8. The Morgan fingerprint density at radius 3 is 1.68 bits per heavy atom. The lowest BCUT2D eigenvalue weighted by atomic mass is 10.1. The van der Waals surface area contributed by atoms with Gasteiger partial charge in [0.15, 0.2) is 8.32 Å². The molecule has 3 heteroatoms. The van der Waals surface area contributed by atoms with E-state index in [0.717, 1.165) is 25.7 Å². The van der Waals surface area contributed by atoms with Crippen LogP contribution in [-0.4, -0.2) is 25.6 Å². The molecule has 0 bridgehead atoms. The quantitative estimate of drug-likeness (QED) is 0.310. The molecule has 0 aliphatic rings. The summed E-state index contributed by atoms with van der Waals surface area (Å²) in [7, 11) is -1.70. The highest BCUT2D eigenvalue weighted by Crippen LogP contribution is 2.37. The third-order valence-corrected chi connectivity index (χ3v) is 10.4. The molecule has 0 aromatic heterocycles. The van der Waals surface area contributed by atoms with Crippen LogP contribution >= 0.6 is 0 Å². The van der Waals surface area contributed by atoms with Gasteiger partial charge < -0.3 is 9.53 Å². The third kappa shape index (κ3) is 10.8. The Hall–Kier alpha value is -1.94. The number of benzene rings is 2. The molecule has 2 atom stereocenters. The molecule has 2 nitrogen and oxygen atoms in total. The highest BCUT2D eigenvalue weighted by Gasteiger charge is 2.38. The third-order valence-electron chi connectivity index (χ3n) is 5.92. The second-order valence-corrected chi connectivity index (χ2v) is 14.3. The minimum absolute atomic E-state index is 0.168. The standard InChI is InChI=1S/C17H28OSi.C11H14O/c1-7-16(18-19(5,6)17(2,3)4)14-13-15-11-9-8-10-12-15;1-2-11(12)9-8-10-6-4-3-5-7-10/h7-12,16H,1,13-14H2,2-6H3;2-7,11-12H,1,8-9H2/t16-;11-/m11/s1. The average molecular weight is 439 g/mol. The first-order valence-electron chi connectivity index (χ1n) is 11.3. The first-order valence-corrected chi connectivity index (χ1v) is 14.2. The van der Waals surface area contributed by atoms with Crippen LogP contribution in [0.5, 0.6) is 0 Å². The Labute approximate surface area is 191 Å². The summed E-state index contributed by atoms with van der Waals surface area (Å²) < 4.78 is 6.39. The number of aryl methyl sites for hydroxylation is 2. The molecule has 2 aromatic rings. The molecule has 0 amide bonds. The molecule has 0 saturated carbocycles. The summed E-state index contributed by atoms with van der Waals surface area (Å²) in [5.41, 5.74) is 2.63. The van der Waals surface area contributed by atoms with Crippen molar-refractivity contribution >= 4 is 8.32 Å². The van der Waals surface area contributed by atoms with E-state index in [9.17, 15) is 5.11 Å². The highest BCUT2D eigenvalue weighted by molar-refractivity contribution is 6.74. The largest absolute Gasteiger partial charge is 0.411 e. The van der Waals surface area contributed by atoms with Crippen molar-refractivity contribution in [1.29, 1.82) is 0 Å². The summed E-state index contributed by atoms with van der Waals surface area (Å²) in [5.74, 6) is 0. The van der Waals surface area contributed by atoms with E-state index in [1.54, 1.807) is 6.08 Å². The molecule has 0 fully saturated rings. The predicted octanol–water partition coefficient (Wildman–Crippen LogP) is 7.36. The van der Waals surface area contributed by atoms with Crippen LogP contribution in [0.15, 0.2) is 86.0 Å². The van der Waals surface area contributed by atoms with Gasteiger partial charge in [0.1, 0.15) is 0 Å². The Balaban J connectivity index is 0.000000343. The van der Waals surface area contributed by atoms with E-state index in [1.165, 1.54) is 11.1 Å². The molecule has 0 aliphatic heterocycles. The summed E-state index contributed by atoms with van der Waals surface area (Å²) in [6.45, 7) is 18.9. The maximum absolute atomic E-state index is 9.20. The molecule has 1 N–H and O–H groups in total. The zero-order valence-corrected chi connectivity index (χ0v) is 21.2. The van der Waals surface area contributed by atoms with Gasteiger partial charge in [-0.1, -0.05) is 93.6 Å². The van der Waals surface area contributed by atoms with Crippen LogP contribution in [0.2, 0.25) is 18.1 Å². The van der Waals surface area contributed by atoms with E-state index in [0.29, 0.717) is 0 Å². The topological polar surface area (TPSA) is 29.5 Å². The van der Waals surface area contributed by atoms with Gasteiger partial charge in [-0.05, 0) is 54.9 Å². The maximum Gasteiger partial charge on any atom is 0.192 e. The minimum Gasteiger partial charge on any atom is -0.411 e. The Morgan fingerprint density at radius 1 is 0.839 bits per heavy atom. The fourth-order valence-electron chi connectivity index (χ4n) is 2.81. The molecule has 0 aliphatic carbocycles. The fourth-order valence-corrected chi connectivity index (χ4v) is 4.14. The van der Waals surface area contributed by atoms with Crippen molar-refractivity contribution in [2.24, 2.45) is 0 Å². The molecule has 0 radical (unpaired) electrons. The molecular weight excluding hydrogens is 396 g/mol.